The van der Waals surface area contributed by atoms with E-state index in [0.29, 0.717) is 36.7 Å². The Morgan fingerprint density at radius 2 is 2.23 bits per heavy atom. The van der Waals surface area contributed by atoms with Crippen molar-refractivity contribution in [2.45, 2.75) is 43.9 Å². The molecule has 3 heterocycles. The highest BCUT2D eigenvalue weighted by atomic mass is 32.2. The minimum atomic E-state index is -3.65. The number of aromatic nitrogens is 2. The van der Waals surface area contributed by atoms with Gasteiger partial charge in [0, 0.05) is 37.0 Å². The fraction of sp³-hybridized carbons (Fsp3) is 0.562. The standard InChI is InChI=1S/C16H22N4O4S2/c1-10(2)17-16(21)12-5-4-6-20(8-12)26(22,23)14-7-13(9-25-14)15-18-11(3)24-19-15/h7,9-10,12H,4-6,8H2,1-3H3,(H,17,21)/t12-/m0/s1. The van der Waals surface area contributed by atoms with Gasteiger partial charge in [0.15, 0.2) is 0 Å². The predicted octanol–water partition coefficient (Wildman–Crippen LogP) is 2.03. The number of aryl methyl sites for hydroxylation is 1. The fourth-order valence-electron chi connectivity index (χ4n) is 2.89. The van der Waals surface area contributed by atoms with E-state index in [0.717, 1.165) is 11.3 Å². The second kappa shape index (κ2) is 7.45. The van der Waals surface area contributed by atoms with E-state index >= 15 is 0 Å². The van der Waals surface area contributed by atoms with Gasteiger partial charge in [0.05, 0.1) is 5.92 Å². The topological polar surface area (TPSA) is 105 Å². The average molecular weight is 399 g/mol. The molecule has 0 radical (unpaired) electrons. The fourth-order valence-corrected chi connectivity index (χ4v) is 5.72. The lowest BCUT2D eigenvalue weighted by atomic mass is 9.98. The summed E-state index contributed by atoms with van der Waals surface area (Å²) in [4.78, 5) is 16.4. The zero-order valence-corrected chi connectivity index (χ0v) is 16.6. The number of sulfonamides is 1. The summed E-state index contributed by atoms with van der Waals surface area (Å²) in [6.07, 6.45) is 1.36. The highest BCUT2D eigenvalue weighted by Crippen LogP contribution is 2.31. The molecule has 2 aromatic rings. The lowest BCUT2D eigenvalue weighted by molar-refractivity contribution is -0.126. The second-order valence-electron chi connectivity index (χ2n) is 6.66. The number of amides is 1. The Hall–Kier alpha value is -1.78. The molecule has 0 aromatic carbocycles. The number of hydrogen-bond donors (Lipinski definition) is 1. The van der Waals surface area contributed by atoms with Crippen LogP contribution in [0.2, 0.25) is 0 Å². The third-order valence-electron chi connectivity index (χ3n) is 4.14. The van der Waals surface area contributed by atoms with E-state index in [1.807, 2.05) is 13.8 Å². The van der Waals surface area contributed by atoms with Gasteiger partial charge in [-0.25, -0.2) is 8.42 Å². The van der Waals surface area contributed by atoms with Crippen molar-refractivity contribution in [2.24, 2.45) is 5.92 Å². The minimum Gasteiger partial charge on any atom is -0.354 e. The van der Waals surface area contributed by atoms with Crippen LogP contribution in [0.1, 0.15) is 32.6 Å². The van der Waals surface area contributed by atoms with E-state index < -0.39 is 10.0 Å². The van der Waals surface area contributed by atoms with E-state index in [-0.39, 0.29) is 28.6 Å². The maximum Gasteiger partial charge on any atom is 0.252 e. The third-order valence-corrected chi connectivity index (χ3v) is 7.42. The van der Waals surface area contributed by atoms with Crippen LogP contribution in [0.3, 0.4) is 0 Å². The first-order chi connectivity index (χ1) is 12.3. The monoisotopic (exact) mass is 398 g/mol. The quantitative estimate of drug-likeness (QED) is 0.826. The van der Waals surface area contributed by atoms with Gasteiger partial charge >= 0.3 is 0 Å². The lowest BCUT2D eigenvalue weighted by Gasteiger charge is -2.31. The summed E-state index contributed by atoms with van der Waals surface area (Å²) in [5, 5.41) is 8.38. The summed E-state index contributed by atoms with van der Waals surface area (Å²) in [5.74, 6) is 0.382. The lowest BCUT2D eigenvalue weighted by Crippen LogP contribution is -2.46. The van der Waals surface area contributed by atoms with Crippen molar-refractivity contribution in [3.63, 3.8) is 0 Å². The van der Waals surface area contributed by atoms with E-state index in [9.17, 15) is 13.2 Å². The van der Waals surface area contributed by atoms with Crippen molar-refractivity contribution in [2.75, 3.05) is 13.1 Å². The predicted molar refractivity (Wildman–Crippen MR) is 97.1 cm³/mol. The number of rotatable bonds is 5. The van der Waals surface area contributed by atoms with Crippen LogP contribution >= 0.6 is 11.3 Å². The van der Waals surface area contributed by atoms with Gasteiger partial charge in [-0.2, -0.15) is 9.29 Å². The highest BCUT2D eigenvalue weighted by molar-refractivity contribution is 7.91. The Kier molecular flexibility index (Phi) is 5.44. The number of nitrogens with zero attached hydrogens (tertiary/aromatic N) is 3. The zero-order valence-electron chi connectivity index (χ0n) is 14.9. The third kappa shape index (κ3) is 3.97. The molecule has 10 heteroatoms. The number of piperidine rings is 1. The van der Waals surface area contributed by atoms with Crippen molar-refractivity contribution in [1.29, 1.82) is 0 Å². The molecule has 2 aromatic heterocycles. The first-order valence-corrected chi connectivity index (χ1v) is 10.8. The molecule has 1 fully saturated rings. The molecule has 1 aliphatic rings. The normalized spacial score (nSPS) is 19.0. The van der Waals surface area contributed by atoms with Gasteiger partial charge in [-0.1, -0.05) is 5.16 Å². The molecule has 0 saturated carbocycles. The summed E-state index contributed by atoms with van der Waals surface area (Å²) >= 11 is 1.12. The molecule has 0 aliphatic carbocycles. The van der Waals surface area contributed by atoms with E-state index in [1.54, 1.807) is 18.4 Å². The van der Waals surface area contributed by atoms with Crippen LogP contribution in [-0.2, 0) is 14.8 Å². The van der Waals surface area contributed by atoms with Gasteiger partial charge in [-0.05, 0) is 32.8 Å². The van der Waals surface area contributed by atoms with Gasteiger partial charge in [0.2, 0.25) is 17.6 Å². The van der Waals surface area contributed by atoms with Gasteiger partial charge in [0.25, 0.3) is 10.0 Å². The summed E-state index contributed by atoms with van der Waals surface area (Å²) in [6, 6.07) is 1.59. The summed E-state index contributed by atoms with van der Waals surface area (Å²) in [5.41, 5.74) is 0.608. The smallest absolute Gasteiger partial charge is 0.252 e. The minimum absolute atomic E-state index is 0.0350. The van der Waals surface area contributed by atoms with Crippen LogP contribution in [0.5, 0.6) is 0 Å². The Balaban J connectivity index is 1.77. The number of thiophene rings is 1. The van der Waals surface area contributed by atoms with Crippen molar-refractivity contribution in [3.8, 4) is 11.4 Å². The Morgan fingerprint density at radius 3 is 2.88 bits per heavy atom. The van der Waals surface area contributed by atoms with Crippen LogP contribution in [0.4, 0.5) is 0 Å². The molecule has 142 valence electrons. The van der Waals surface area contributed by atoms with Crippen LogP contribution < -0.4 is 5.32 Å². The molecule has 1 atom stereocenters. The summed E-state index contributed by atoms with van der Waals surface area (Å²) < 4.78 is 32.5. The Bertz CT molecular complexity index is 888. The molecule has 8 nitrogen and oxygen atoms in total. The molecule has 1 saturated heterocycles. The Morgan fingerprint density at radius 1 is 1.46 bits per heavy atom. The molecular weight excluding hydrogens is 376 g/mol. The molecule has 3 rings (SSSR count). The molecule has 0 spiro atoms. The van der Waals surface area contributed by atoms with E-state index in [1.165, 1.54) is 4.31 Å². The van der Waals surface area contributed by atoms with Crippen LogP contribution in [0.15, 0.2) is 20.2 Å². The van der Waals surface area contributed by atoms with Crippen molar-refractivity contribution < 1.29 is 17.7 Å². The second-order valence-corrected chi connectivity index (χ2v) is 9.73. The van der Waals surface area contributed by atoms with Crippen LogP contribution in [0.25, 0.3) is 11.4 Å². The number of carbonyl (C=O) groups is 1. The first-order valence-electron chi connectivity index (χ1n) is 8.47. The Labute approximate surface area is 156 Å². The first kappa shape index (κ1) is 19.0. The van der Waals surface area contributed by atoms with E-state index in [2.05, 4.69) is 15.5 Å². The van der Waals surface area contributed by atoms with Gasteiger partial charge in [0.1, 0.15) is 4.21 Å². The zero-order chi connectivity index (χ0) is 18.9. The van der Waals surface area contributed by atoms with Crippen LogP contribution in [0, 0.1) is 12.8 Å². The molecule has 1 aliphatic heterocycles. The molecule has 1 N–H and O–H groups in total. The van der Waals surface area contributed by atoms with Crippen molar-refractivity contribution >= 4 is 27.3 Å². The highest BCUT2D eigenvalue weighted by Gasteiger charge is 2.34. The maximum absolute atomic E-state index is 13.0. The van der Waals surface area contributed by atoms with Crippen molar-refractivity contribution in [3.05, 3.63) is 17.3 Å². The molecule has 26 heavy (non-hydrogen) atoms. The van der Waals surface area contributed by atoms with Gasteiger partial charge in [-0.3, -0.25) is 4.79 Å². The number of hydrogen-bond acceptors (Lipinski definition) is 7. The van der Waals surface area contributed by atoms with Crippen molar-refractivity contribution in [1.82, 2.24) is 19.8 Å². The number of carbonyl (C=O) groups excluding carboxylic acids is 1. The maximum atomic E-state index is 13.0. The number of nitrogens with one attached hydrogen (secondary N) is 1. The molecular formula is C16H22N4O4S2. The van der Waals surface area contributed by atoms with Gasteiger partial charge in [-0.15, -0.1) is 11.3 Å². The van der Waals surface area contributed by atoms with Gasteiger partial charge < -0.3 is 9.84 Å². The summed E-state index contributed by atoms with van der Waals surface area (Å²) in [6.45, 7) is 6.08. The summed E-state index contributed by atoms with van der Waals surface area (Å²) in [7, 11) is -3.65. The average Bonchev–Trinajstić information content (AvgIpc) is 3.23. The largest absolute Gasteiger partial charge is 0.354 e. The molecule has 0 unspecified atom stereocenters. The molecule has 1 amide bonds. The molecule has 0 bridgehead atoms. The van der Waals surface area contributed by atoms with E-state index in [4.69, 9.17) is 4.52 Å². The van der Waals surface area contributed by atoms with Crippen LogP contribution in [-0.4, -0.2) is 47.9 Å². The SMILES string of the molecule is Cc1nc(-c2csc(S(=O)(=O)N3CCC[C@H](C(=O)NC(C)C)C3)c2)no1.